The molecule has 0 fully saturated rings. The summed E-state index contributed by atoms with van der Waals surface area (Å²) in [6, 6.07) is 21.5. The Bertz CT molecular complexity index is 1320. The number of pyridine rings is 1. The third kappa shape index (κ3) is 4.90. The van der Waals surface area contributed by atoms with Crippen molar-refractivity contribution in [3.8, 4) is 11.3 Å². The van der Waals surface area contributed by atoms with Gasteiger partial charge >= 0.3 is 5.97 Å². The van der Waals surface area contributed by atoms with Crippen LogP contribution in [0, 0.1) is 6.92 Å². The van der Waals surface area contributed by atoms with E-state index in [0.717, 1.165) is 11.1 Å². The topological polar surface area (TPSA) is 68.3 Å². The van der Waals surface area contributed by atoms with Gasteiger partial charge in [-0.25, -0.2) is 9.78 Å². The fraction of sp³-hybridized carbons (Fsp3) is 0.0800. The van der Waals surface area contributed by atoms with Gasteiger partial charge in [-0.3, -0.25) is 4.79 Å². The molecule has 0 saturated heterocycles. The van der Waals surface area contributed by atoms with Crippen LogP contribution in [0.15, 0.2) is 72.8 Å². The first kappa shape index (κ1) is 21.8. The van der Waals surface area contributed by atoms with E-state index in [2.05, 4.69) is 10.3 Å². The molecule has 3 aromatic carbocycles. The SMILES string of the molecule is Cc1ccc(-c2cc(C(=O)OCC(=O)Nc3cc(Cl)ccc3Cl)c3ccccc3n2)cc1. The molecule has 1 heterocycles. The Kier molecular flexibility index (Phi) is 6.40. The van der Waals surface area contributed by atoms with E-state index < -0.39 is 18.5 Å². The third-order valence-corrected chi connectivity index (χ3v) is 5.38. The number of hydrogen-bond donors (Lipinski definition) is 1. The van der Waals surface area contributed by atoms with Crippen LogP contribution in [0.3, 0.4) is 0 Å². The number of nitrogens with zero attached hydrogens (tertiary/aromatic N) is 1. The number of aromatic nitrogens is 1. The summed E-state index contributed by atoms with van der Waals surface area (Å²) in [6.45, 7) is 1.53. The maximum Gasteiger partial charge on any atom is 0.339 e. The number of nitrogens with one attached hydrogen (secondary N) is 1. The molecule has 0 aliphatic rings. The summed E-state index contributed by atoms with van der Waals surface area (Å²) in [4.78, 5) is 29.9. The minimum atomic E-state index is -0.621. The number of halogens is 2. The van der Waals surface area contributed by atoms with Crippen LogP contribution in [0.2, 0.25) is 10.0 Å². The van der Waals surface area contributed by atoms with Crippen LogP contribution in [-0.4, -0.2) is 23.5 Å². The molecule has 32 heavy (non-hydrogen) atoms. The maximum atomic E-state index is 12.9. The number of fused-ring (bicyclic) bond motifs is 1. The molecule has 5 nitrogen and oxygen atoms in total. The monoisotopic (exact) mass is 464 g/mol. The molecule has 4 rings (SSSR count). The van der Waals surface area contributed by atoms with Crippen LogP contribution in [0.4, 0.5) is 5.69 Å². The molecule has 0 aliphatic carbocycles. The first-order valence-electron chi connectivity index (χ1n) is 9.79. The number of carbonyl (C=O) groups is 2. The number of rotatable bonds is 5. The largest absolute Gasteiger partial charge is 0.452 e. The van der Waals surface area contributed by atoms with E-state index in [1.54, 1.807) is 24.3 Å². The quantitative estimate of drug-likeness (QED) is 0.351. The fourth-order valence-corrected chi connectivity index (χ4v) is 3.54. The summed E-state index contributed by atoms with van der Waals surface area (Å²) in [6.07, 6.45) is 0. The van der Waals surface area contributed by atoms with Crippen molar-refractivity contribution in [2.24, 2.45) is 0 Å². The van der Waals surface area contributed by atoms with Crippen molar-refractivity contribution in [2.45, 2.75) is 6.92 Å². The van der Waals surface area contributed by atoms with Gasteiger partial charge in [0.25, 0.3) is 5.91 Å². The number of ether oxygens (including phenoxy) is 1. The van der Waals surface area contributed by atoms with Gasteiger partial charge in [-0.1, -0.05) is 71.2 Å². The molecule has 160 valence electrons. The highest BCUT2D eigenvalue weighted by atomic mass is 35.5. The van der Waals surface area contributed by atoms with Crippen molar-refractivity contribution in [3.05, 3.63) is 94.0 Å². The van der Waals surface area contributed by atoms with Crippen molar-refractivity contribution in [1.82, 2.24) is 4.98 Å². The number of benzene rings is 3. The van der Waals surface area contributed by atoms with Gasteiger partial charge in [-0.05, 0) is 37.3 Å². The van der Waals surface area contributed by atoms with E-state index >= 15 is 0 Å². The predicted molar refractivity (Wildman–Crippen MR) is 127 cm³/mol. The van der Waals surface area contributed by atoms with E-state index in [9.17, 15) is 9.59 Å². The molecule has 0 bridgehead atoms. The predicted octanol–water partition coefficient (Wildman–Crippen LogP) is 6.31. The highest BCUT2D eigenvalue weighted by Gasteiger charge is 2.17. The van der Waals surface area contributed by atoms with E-state index in [4.69, 9.17) is 27.9 Å². The lowest BCUT2D eigenvalue weighted by Crippen LogP contribution is -2.21. The summed E-state index contributed by atoms with van der Waals surface area (Å²) in [5.41, 5.74) is 3.98. The van der Waals surface area contributed by atoms with Gasteiger partial charge in [0, 0.05) is 16.0 Å². The Morgan fingerprint density at radius 2 is 1.72 bits per heavy atom. The van der Waals surface area contributed by atoms with Crippen LogP contribution < -0.4 is 5.32 Å². The smallest absolute Gasteiger partial charge is 0.339 e. The fourth-order valence-electron chi connectivity index (χ4n) is 3.20. The summed E-state index contributed by atoms with van der Waals surface area (Å²) in [7, 11) is 0. The van der Waals surface area contributed by atoms with Crippen LogP contribution in [0.1, 0.15) is 15.9 Å². The van der Waals surface area contributed by atoms with Gasteiger partial charge in [-0.15, -0.1) is 0 Å². The molecular weight excluding hydrogens is 447 g/mol. The lowest BCUT2D eigenvalue weighted by atomic mass is 10.0. The van der Waals surface area contributed by atoms with Gasteiger partial charge in [-0.2, -0.15) is 0 Å². The number of para-hydroxylation sites is 1. The minimum absolute atomic E-state index is 0.331. The summed E-state index contributed by atoms with van der Waals surface area (Å²) >= 11 is 12.0. The number of esters is 1. The zero-order chi connectivity index (χ0) is 22.7. The van der Waals surface area contributed by atoms with Crippen molar-refractivity contribution < 1.29 is 14.3 Å². The molecular formula is C25H18Cl2N2O3. The van der Waals surface area contributed by atoms with Crippen LogP contribution in [0.5, 0.6) is 0 Å². The first-order valence-corrected chi connectivity index (χ1v) is 10.5. The number of amides is 1. The molecule has 0 unspecified atom stereocenters. The molecule has 1 aromatic heterocycles. The zero-order valence-corrected chi connectivity index (χ0v) is 18.6. The number of aryl methyl sites for hydroxylation is 1. The maximum absolute atomic E-state index is 12.9. The number of hydrogen-bond acceptors (Lipinski definition) is 4. The second kappa shape index (κ2) is 9.39. The molecule has 0 saturated carbocycles. The highest BCUT2D eigenvalue weighted by Crippen LogP contribution is 2.27. The molecule has 0 aliphatic heterocycles. The lowest BCUT2D eigenvalue weighted by molar-refractivity contribution is -0.119. The molecule has 0 atom stereocenters. The summed E-state index contributed by atoms with van der Waals surface area (Å²) in [5, 5.41) is 3.99. The van der Waals surface area contributed by atoms with Crippen LogP contribution in [0.25, 0.3) is 22.2 Å². The van der Waals surface area contributed by atoms with Crippen molar-refractivity contribution in [3.63, 3.8) is 0 Å². The molecule has 1 N–H and O–H groups in total. The molecule has 7 heteroatoms. The van der Waals surface area contributed by atoms with E-state index in [1.807, 2.05) is 49.4 Å². The normalized spacial score (nSPS) is 10.7. The third-order valence-electron chi connectivity index (χ3n) is 4.82. The molecule has 0 radical (unpaired) electrons. The van der Waals surface area contributed by atoms with E-state index in [0.29, 0.717) is 37.9 Å². The van der Waals surface area contributed by atoms with E-state index in [-0.39, 0.29) is 0 Å². The van der Waals surface area contributed by atoms with Crippen molar-refractivity contribution >= 4 is 51.7 Å². The van der Waals surface area contributed by atoms with Crippen molar-refractivity contribution in [1.29, 1.82) is 0 Å². The molecule has 4 aromatic rings. The van der Waals surface area contributed by atoms with E-state index in [1.165, 1.54) is 6.07 Å². The lowest BCUT2D eigenvalue weighted by Gasteiger charge is -2.11. The Morgan fingerprint density at radius 3 is 2.50 bits per heavy atom. The second-order valence-electron chi connectivity index (χ2n) is 7.19. The first-order chi connectivity index (χ1) is 15.4. The van der Waals surface area contributed by atoms with Gasteiger partial charge in [0.15, 0.2) is 6.61 Å². The molecule has 0 spiro atoms. The molecule has 1 amide bonds. The summed E-state index contributed by atoms with van der Waals surface area (Å²) in [5.74, 6) is -1.15. The Labute approximate surface area is 194 Å². The van der Waals surface area contributed by atoms with Gasteiger partial charge in [0.1, 0.15) is 0 Å². The Hall–Kier alpha value is -3.41. The van der Waals surface area contributed by atoms with Crippen LogP contribution >= 0.6 is 23.2 Å². The number of anilines is 1. The minimum Gasteiger partial charge on any atom is -0.452 e. The van der Waals surface area contributed by atoms with Crippen molar-refractivity contribution in [2.75, 3.05) is 11.9 Å². The Morgan fingerprint density at radius 1 is 0.969 bits per heavy atom. The second-order valence-corrected chi connectivity index (χ2v) is 8.03. The average molecular weight is 465 g/mol. The summed E-state index contributed by atoms with van der Waals surface area (Å²) < 4.78 is 5.30. The standard InChI is InChI=1S/C25H18Cl2N2O3/c1-15-6-8-16(9-7-15)22-13-19(18-4-2-3-5-21(18)28-22)25(31)32-14-24(30)29-23-12-17(26)10-11-20(23)27/h2-13H,14H2,1H3,(H,29,30). The Balaban J connectivity index is 1.56. The average Bonchev–Trinajstić information content (AvgIpc) is 2.79. The van der Waals surface area contributed by atoms with Gasteiger partial charge < -0.3 is 10.1 Å². The zero-order valence-electron chi connectivity index (χ0n) is 17.1. The van der Waals surface area contributed by atoms with Gasteiger partial charge in [0.2, 0.25) is 0 Å². The number of carbonyl (C=O) groups excluding carboxylic acids is 2. The van der Waals surface area contributed by atoms with Gasteiger partial charge in [0.05, 0.1) is 27.5 Å². The van der Waals surface area contributed by atoms with Crippen LogP contribution in [-0.2, 0) is 9.53 Å². The highest BCUT2D eigenvalue weighted by molar-refractivity contribution is 6.35.